The first-order chi connectivity index (χ1) is 8.94. The molecule has 0 aliphatic heterocycles. The quantitative estimate of drug-likeness (QED) is 0.881. The minimum absolute atomic E-state index is 0.0705. The molecule has 1 aromatic rings. The van der Waals surface area contributed by atoms with Crippen molar-refractivity contribution in [3.8, 4) is 0 Å². The number of aliphatic hydroxyl groups is 1. The highest BCUT2D eigenvalue weighted by Crippen LogP contribution is 2.60. The minimum atomic E-state index is -0.768. The third kappa shape index (κ3) is 1.63. The van der Waals surface area contributed by atoms with Gasteiger partial charge in [0.25, 0.3) is 0 Å². The molecule has 1 saturated carbocycles. The predicted octanol–water partition coefficient (Wildman–Crippen LogP) is 3.28. The molecule has 3 aliphatic carbocycles. The van der Waals surface area contributed by atoms with Crippen molar-refractivity contribution in [3.05, 3.63) is 47.0 Å². The Bertz CT molecular complexity index is 554. The Morgan fingerprint density at radius 2 is 1.84 bits per heavy atom. The standard InChI is InChI=1S/C17H20O2/c1-10-12-9-13(17(12,2)3)16(19)14(10)15(18)11-7-5-4-6-8-11/h4-8,12-13,15,18H,9H2,1-3H3/t12-,13+,15?/m1/s1. The van der Waals surface area contributed by atoms with Gasteiger partial charge in [-0.3, -0.25) is 4.79 Å². The van der Waals surface area contributed by atoms with Crippen LogP contribution in [0.25, 0.3) is 0 Å². The van der Waals surface area contributed by atoms with Crippen molar-refractivity contribution in [2.75, 3.05) is 0 Å². The molecule has 2 nitrogen and oxygen atoms in total. The average molecular weight is 256 g/mol. The first-order valence-corrected chi connectivity index (χ1v) is 6.92. The molecule has 2 heteroatoms. The molecule has 0 heterocycles. The molecule has 0 saturated heterocycles. The Morgan fingerprint density at radius 1 is 1.21 bits per heavy atom. The van der Waals surface area contributed by atoms with Crippen LogP contribution in [-0.2, 0) is 4.79 Å². The maximum absolute atomic E-state index is 12.6. The topological polar surface area (TPSA) is 37.3 Å². The van der Waals surface area contributed by atoms with Crippen LogP contribution in [0.5, 0.6) is 0 Å². The molecule has 1 unspecified atom stereocenters. The third-order valence-electron chi connectivity index (χ3n) is 5.19. The summed E-state index contributed by atoms with van der Waals surface area (Å²) in [5, 5.41) is 10.5. The Labute approximate surface area is 114 Å². The van der Waals surface area contributed by atoms with Crippen molar-refractivity contribution < 1.29 is 9.90 Å². The summed E-state index contributed by atoms with van der Waals surface area (Å²) >= 11 is 0. The van der Waals surface area contributed by atoms with E-state index in [-0.39, 0.29) is 17.1 Å². The smallest absolute Gasteiger partial charge is 0.165 e. The molecule has 0 spiro atoms. The Hall–Kier alpha value is -1.41. The van der Waals surface area contributed by atoms with Crippen LogP contribution in [-0.4, -0.2) is 10.9 Å². The number of carbonyl (C=O) groups excluding carboxylic acids is 1. The zero-order valence-corrected chi connectivity index (χ0v) is 11.7. The largest absolute Gasteiger partial charge is 0.384 e. The van der Waals surface area contributed by atoms with E-state index in [0.717, 1.165) is 17.6 Å². The Balaban J connectivity index is 2.02. The lowest BCUT2D eigenvalue weighted by Crippen LogP contribution is -2.54. The first-order valence-electron chi connectivity index (χ1n) is 6.92. The fraction of sp³-hybridized carbons (Fsp3) is 0.471. The number of allylic oxidation sites excluding steroid dienone is 1. The molecule has 0 amide bonds. The van der Waals surface area contributed by atoms with Crippen molar-refractivity contribution in [2.24, 2.45) is 17.3 Å². The van der Waals surface area contributed by atoms with Gasteiger partial charge >= 0.3 is 0 Å². The molecule has 0 aromatic heterocycles. The Morgan fingerprint density at radius 3 is 2.37 bits per heavy atom. The van der Waals surface area contributed by atoms with E-state index in [1.165, 1.54) is 0 Å². The van der Waals surface area contributed by atoms with E-state index in [9.17, 15) is 9.90 Å². The highest BCUT2D eigenvalue weighted by molar-refractivity contribution is 6.02. The van der Waals surface area contributed by atoms with Gasteiger partial charge in [0, 0.05) is 11.5 Å². The van der Waals surface area contributed by atoms with Crippen molar-refractivity contribution in [3.63, 3.8) is 0 Å². The number of hydrogen-bond donors (Lipinski definition) is 1. The maximum Gasteiger partial charge on any atom is 0.165 e. The number of hydrogen-bond acceptors (Lipinski definition) is 2. The van der Waals surface area contributed by atoms with Crippen molar-refractivity contribution in [2.45, 2.75) is 33.3 Å². The van der Waals surface area contributed by atoms with Gasteiger partial charge in [0.2, 0.25) is 0 Å². The molecule has 3 aliphatic rings. The molecule has 1 fully saturated rings. The van der Waals surface area contributed by atoms with Crippen LogP contribution in [0.15, 0.2) is 41.5 Å². The highest BCUT2D eigenvalue weighted by atomic mass is 16.3. The van der Waals surface area contributed by atoms with E-state index in [2.05, 4.69) is 13.8 Å². The number of ketones is 1. The lowest BCUT2D eigenvalue weighted by molar-refractivity contribution is -0.137. The molecule has 3 atom stereocenters. The summed E-state index contributed by atoms with van der Waals surface area (Å²) in [4.78, 5) is 12.6. The zero-order chi connectivity index (χ0) is 13.8. The SMILES string of the molecule is CC1=C(C(O)c2ccccc2)C(=O)[C@@H]2C[C@H]1C2(C)C. The van der Waals surface area contributed by atoms with Gasteiger partial charge in [-0.15, -0.1) is 0 Å². The Kier molecular flexibility index (Phi) is 2.68. The normalized spacial score (nSPS) is 30.0. The van der Waals surface area contributed by atoms with E-state index >= 15 is 0 Å². The van der Waals surface area contributed by atoms with Crippen LogP contribution < -0.4 is 0 Å². The molecule has 19 heavy (non-hydrogen) atoms. The number of fused-ring (bicyclic) bond motifs is 1. The van der Waals surface area contributed by atoms with Gasteiger partial charge in [-0.05, 0) is 30.2 Å². The summed E-state index contributed by atoms with van der Waals surface area (Å²) < 4.78 is 0. The summed E-state index contributed by atoms with van der Waals surface area (Å²) in [6, 6.07) is 9.47. The zero-order valence-electron chi connectivity index (χ0n) is 11.7. The molecule has 1 N–H and O–H groups in total. The minimum Gasteiger partial charge on any atom is -0.384 e. The van der Waals surface area contributed by atoms with Crippen LogP contribution in [0.2, 0.25) is 0 Å². The van der Waals surface area contributed by atoms with Crippen LogP contribution in [0.1, 0.15) is 38.9 Å². The van der Waals surface area contributed by atoms with Crippen LogP contribution >= 0.6 is 0 Å². The lowest BCUT2D eigenvalue weighted by atomic mass is 9.46. The molecular weight excluding hydrogens is 236 g/mol. The third-order valence-corrected chi connectivity index (χ3v) is 5.19. The summed E-state index contributed by atoms with van der Waals surface area (Å²) in [6.07, 6.45) is 0.193. The number of Topliss-reactive ketones (excluding diaryl/α,β-unsaturated/α-hetero) is 1. The summed E-state index contributed by atoms with van der Waals surface area (Å²) in [6.45, 7) is 6.35. The van der Waals surface area contributed by atoms with Gasteiger partial charge in [-0.25, -0.2) is 0 Å². The second kappa shape index (κ2) is 4.04. The molecular formula is C17H20O2. The molecule has 1 aromatic carbocycles. The molecule has 0 radical (unpaired) electrons. The second-order valence-corrected chi connectivity index (χ2v) is 6.44. The molecule has 4 rings (SSSR count). The van der Waals surface area contributed by atoms with Gasteiger partial charge in [-0.2, -0.15) is 0 Å². The fourth-order valence-corrected chi connectivity index (χ4v) is 3.83. The highest BCUT2D eigenvalue weighted by Gasteiger charge is 2.57. The van der Waals surface area contributed by atoms with E-state index in [4.69, 9.17) is 0 Å². The monoisotopic (exact) mass is 256 g/mol. The van der Waals surface area contributed by atoms with E-state index in [1.807, 2.05) is 37.3 Å². The van der Waals surface area contributed by atoms with E-state index in [1.54, 1.807) is 0 Å². The first kappa shape index (κ1) is 12.6. The number of rotatable bonds is 2. The van der Waals surface area contributed by atoms with Crippen molar-refractivity contribution >= 4 is 5.78 Å². The van der Waals surface area contributed by atoms with Gasteiger partial charge in [0.15, 0.2) is 5.78 Å². The van der Waals surface area contributed by atoms with Crippen LogP contribution in [0, 0.1) is 17.3 Å². The lowest BCUT2D eigenvalue weighted by Gasteiger charge is -2.56. The maximum atomic E-state index is 12.6. The van der Waals surface area contributed by atoms with E-state index < -0.39 is 6.10 Å². The van der Waals surface area contributed by atoms with Crippen molar-refractivity contribution in [1.82, 2.24) is 0 Å². The van der Waals surface area contributed by atoms with Gasteiger partial charge < -0.3 is 5.11 Å². The average Bonchev–Trinajstić information content (AvgIpc) is 2.38. The summed E-state index contributed by atoms with van der Waals surface area (Å²) in [7, 11) is 0. The molecule has 2 bridgehead atoms. The van der Waals surface area contributed by atoms with Crippen molar-refractivity contribution in [1.29, 1.82) is 0 Å². The molecule has 100 valence electrons. The van der Waals surface area contributed by atoms with Crippen LogP contribution in [0.4, 0.5) is 0 Å². The van der Waals surface area contributed by atoms with Gasteiger partial charge in [0.1, 0.15) is 6.10 Å². The van der Waals surface area contributed by atoms with Gasteiger partial charge in [0.05, 0.1) is 0 Å². The number of aliphatic hydroxyl groups excluding tert-OH is 1. The fourth-order valence-electron chi connectivity index (χ4n) is 3.83. The van der Waals surface area contributed by atoms with Crippen LogP contribution in [0.3, 0.4) is 0 Å². The summed E-state index contributed by atoms with van der Waals surface area (Å²) in [5.74, 6) is 0.694. The van der Waals surface area contributed by atoms with E-state index in [0.29, 0.717) is 11.5 Å². The number of benzene rings is 1. The van der Waals surface area contributed by atoms with Gasteiger partial charge in [-0.1, -0.05) is 49.8 Å². The number of carbonyl (C=O) groups is 1. The predicted molar refractivity (Wildman–Crippen MR) is 74.5 cm³/mol. The second-order valence-electron chi connectivity index (χ2n) is 6.44. The summed E-state index contributed by atoms with van der Waals surface area (Å²) in [5.41, 5.74) is 2.62.